The monoisotopic (exact) mass is 598 g/mol. The standard InChI is InChI=1S/C34H36Cl2N6/c1-4-38-21-27(19-24-7-14-29(15-8-24)41-18-6-17-37)34(36)30-20-26(11-16-31(30)40-5-2)33(32-22-39-23-42(32)3)25-9-12-28(35)13-10-25/h6-18,20-23,33,40H,4-5,19,37H2,1-3H3. The van der Waals surface area contributed by atoms with Gasteiger partial charge in [0.15, 0.2) is 0 Å². The molecule has 0 radical (unpaired) electrons. The predicted molar refractivity (Wildman–Crippen MR) is 180 cm³/mol. The summed E-state index contributed by atoms with van der Waals surface area (Å²) < 4.78 is 2.05. The molecule has 1 heterocycles. The Labute approximate surface area is 258 Å². The molecule has 216 valence electrons. The number of nitrogens with two attached hydrogens (primary N) is 1. The lowest BCUT2D eigenvalue weighted by atomic mass is 9.87. The number of aliphatic imine (C=N–C) groups is 2. The minimum Gasteiger partial charge on any atom is -0.405 e. The fraction of sp³-hybridized carbons (Fsp3) is 0.206. The zero-order valence-electron chi connectivity index (χ0n) is 24.1. The van der Waals surface area contributed by atoms with Crippen LogP contribution in [0.15, 0.2) is 107 Å². The van der Waals surface area contributed by atoms with Crippen LogP contribution >= 0.6 is 23.2 Å². The average molecular weight is 600 g/mol. The molecule has 0 fully saturated rings. The van der Waals surface area contributed by atoms with Gasteiger partial charge in [-0.25, -0.2) is 4.98 Å². The van der Waals surface area contributed by atoms with E-state index in [0.29, 0.717) is 23.0 Å². The molecule has 0 aliphatic rings. The van der Waals surface area contributed by atoms with Crippen LogP contribution in [0, 0.1) is 0 Å². The zero-order chi connectivity index (χ0) is 29.9. The Kier molecular flexibility index (Phi) is 11.2. The van der Waals surface area contributed by atoms with Crippen LogP contribution < -0.4 is 11.1 Å². The quantitative estimate of drug-likeness (QED) is 0.161. The summed E-state index contributed by atoms with van der Waals surface area (Å²) in [5.74, 6) is -0.0661. The maximum absolute atomic E-state index is 7.28. The Bertz CT molecular complexity index is 1580. The first-order valence-electron chi connectivity index (χ1n) is 13.9. The number of nitrogens with zero attached hydrogens (tertiary/aromatic N) is 4. The molecule has 8 heteroatoms. The number of imidazole rings is 1. The van der Waals surface area contributed by atoms with Gasteiger partial charge in [0, 0.05) is 67.2 Å². The van der Waals surface area contributed by atoms with Crippen LogP contribution in [0.3, 0.4) is 0 Å². The highest BCUT2D eigenvalue weighted by atomic mass is 35.5. The molecule has 3 aromatic carbocycles. The summed E-state index contributed by atoms with van der Waals surface area (Å²) in [5.41, 5.74) is 13.4. The summed E-state index contributed by atoms with van der Waals surface area (Å²) in [5, 5.41) is 4.85. The van der Waals surface area contributed by atoms with Gasteiger partial charge in [0.25, 0.3) is 0 Å². The first-order valence-corrected chi connectivity index (χ1v) is 14.7. The molecule has 4 rings (SSSR count). The van der Waals surface area contributed by atoms with Gasteiger partial charge in [0.05, 0.1) is 23.0 Å². The number of aromatic nitrogens is 2. The van der Waals surface area contributed by atoms with Crippen LogP contribution in [0.1, 0.15) is 47.7 Å². The van der Waals surface area contributed by atoms with Crippen molar-refractivity contribution in [1.82, 2.24) is 9.55 Å². The minimum atomic E-state index is -0.0661. The van der Waals surface area contributed by atoms with E-state index in [1.165, 1.54) is 6.20 Å². The van der Waals surface area contributed by atoms with E-state index in [9.17, 15) is 0 Å². The summed E-state index contributed by atoms with van der Waals surface area (Å²) in [7, 11) is 2.01. The molecule has 1 aromatic heterocycles. The first kappa shape index (κ1) is 30.8. The second kappa shape index (κ2) is 15.2. The molecule has 6 nitrogen and oxygen atoms in total. The molecular formula is C34H36Cl2N6. The number of halogens is 2. The largest absolute Gasteiger partial charge is 0.405 e. The molecule has 3 N–H and O–H groups in total. The molecule has 1 unspecified atom stereocenters. The third kappa shape index (κ3) is 7.78. The predicted octanol–water partition coefficient (Wildman–Crippen LogP) is 8.14. The zero-order valence-corrected chi connectivity index (χ0v) is 25.6. The van der Waals surface area contributed by atoms with Crippen molar-refractivity contribution in [2.75, 3.05) is 18.4 Å². The highest BCUT2D eigenvalue weighted by Crippen LogP contribution is 2.38. The number of benzene rings is 3. The number of hydrogen-bond donors (Lipinski definition) is 2. The van der Waals surface area contributed by atoms with Gasteiger partial charge < -0.3 is 15.6 Å². The normalized spacial score (nSPS) is 13.3. The first-order chi connectivity index (χ1) is 20.4. The van der Waals surface area contributed by atoms with Crippen LogP contribution in [0.5, 0.6) is 0 Å². The van der Waals surface area contributed by atoms with Crippen molar-refractivity contribution in [3.63, 3.8) is 0 Å². The molecule has 0 aliphatic heterocycles. The third-order valence-electron chi connectivity index (χ3n) is 6.80. The van der Waals surface area contributed by atoms with Gasteiger partial charge in [-0.1, -0.05) is 53.5 Å². The van der Waals surface area contributed by atoms with Crippen LogP contribution in [-0.4, -0.2) is 35.1 Å². The van der Waals surface area contributed by atoms with E-state index in [1.807, 2.05) is 61.5 Å². The van der Waals surface area contributed by atoms with Gasteiger partial charge in [-0.15, -0.1) is 0 Å². The molecule has 0 saturated heterocycles. The van der Waals surface area contributed by atoms with Crippen LogP contribution in [-0.2, 0) is 13.5 Å². The molecule has 0 spiro atoms. The van der Waals surface area contributed by atoms with E-state index >= 15 is 0 Å². The molecule has 1 atom stereocenters. The SMILES string of the molecule is CCN=CC(Cc1ccc(N=CC=CN)cc1)=C(Cl)c1cc(C(c2ccc(Cl)cc2)c2cncn2C)ccc1NCC. The second-order valence-corrected chi connectivity index (χ2v) is 10.5. The molecule has 0 amide bonds. The number of rotatable bonds is 12. The highest BCUT2D eigenvalue weighted by Gasteiger charge is 2.22. The second-order valence-electron chi connectivity index (χ2n) is 9.72. The number of anilines is 1. The van der Waals surface area contributed by atoms with E-state index in [2.05, 4.69) is 69.7 Å². The van der Waals surface area contributed by atoms with Crippen molar-refractivity contribution in [2.45, 2.75) is 26.2 Å². The molecule has 4 aromatic rings. The number of allylic oxidation sites excluding steroid dienone is 2. The van der Waals surface area contributed by atoms with Gasteiger partial charge in [0.1, 0.15) is 0 Å². The van der Waals surface area contributed by atoms with Crippen LogP contribution in [0.4, 0.5) is 11.4 Å². The summed E-state index contributed by atoms with van der Waals surface area (Å²) in [4.78, 5) is 13.4. The Hall–Kier alpha value is -4.13. The smallest absolute Gasteiger partial charge is 0.0945 e. The number of hydrogen-bond acceptors (Lipinski definition) is 5. The van der Waals surface area contributed by atoms with E-state index < -0.39 is 0 Å². The van der Waals surface area contributed by atoms with Crippen molar-refractivity contribution in [1.29, 1.82) is 0 Å². The van der Waals surface area contributed by atoms with E-state index in [0.717, 1.165) is 51.4 Å². The molecule has 42 heavy (non-hydrogen) atoms. The minimum absolute atomic E-state index is 0.0661. The summed E-state index contributed by atoms with van der Waals surface area (Å²) in [6.07, 6.45) is 11.1. The van der Waals surface area contributed by atoms with Crippen molar-refractivity contribution in [3.05, 3.63) is 130 Å². The van der Waals surface area contributed by atoms with E-state index in [1.54, 1.807) is 12.3 Å². The lowest BCUT2D eigenvalue weighted by Crippen LogP contribution is -2.09. The maximum atomic E-state index is 7.28. The van der Waals surface area contributed by atoms with Gasteiger partial charge >= 0.3 is 0 Å². The Morgan fingerprint density at radius 3 is 2.43 bits per heavy atom. The third-order valence-corrected chi connectivity index (χ3v) is 7.50. The Balaban J connectivity index is 1.81. The van der Waals surface area contributed by atoms with Crippen molar-refractivity contribution in [3.8, 4) is 0 Å². The van der Waals surface area contributed by atoms with Gasteiger partial charge in [-0.05, 0) is 84.8 Å². The van der Waals surface area contributed by atoms with E-state index in [4.69, 9.17) is 28.9 Å². The molecule has 0 bridgehead atoms. The van der Waals surface area contributed by atoms with Crippen molar-refractivity contribution in [2.24, 2.45) is 22.8 Å². The highest BCUT2D eigenvalue weighted by molar-refractivity contribution is 6.51. The maximum Gasteiger partial charge on any atom is 0.0945 e. The van der Waals surface area contributed by atoms with E-state index in [-0.39, 0.29) is 5.92 Å². The lowest BCUT2D eigenvalue weighted by Gasteiger charge is -2.22. The van der Waals surface area contributed by atoms with Crippen molar-refractivity contribution < 1.29 is 0 Å². The van der Waals surface area contributed by atoms with Gasteiger partial charge in [-0.2, -0.15) is 0 Å². The summed E-state index contributed by atoms with van der Waals surface area (Å²) >= 11 is 13.5. The van der Waals surface area contributed by atoms with Gasteiger partial charge in [-0.3, -0.25) is 9.98 Å². The summed E-state index contributed by atoms with van der Waals surface area (Å²) in [6.45, 7) is 5.52. The molecular weight excluding hydrogens is 563 g/mol. The van der Waals surface area contributed by atoms with Crippen molar-refractivity contribution >= 4 is 52.0 Å². The molecule has 0 aliphatic carbocycles. The Morgan fingerprint density at radius 1 is 1.05 bits per heavy atom. The fourth-order valence-corrected chi connectivity index (χ4v) is 5.15. The van der Waals surface area contributed by atoms with Gasteiger partial charge in [0.2, 0.25) is 0 Å². The fourth-order valence-electron chi connectivity index (χ4n) is 4.76. The summed E-state index contributed by atoms with van der Waals surface area (Å²) in [6, 6.07) is 22.5. The number of nitrogens with one attached hydrogen (secondary N) is 1. The van der Waals surface area contributed by atoms with Crippen LogP contribution in [0.2, 0.25) is 5.02 Å². The molecule has 0 saturated carbocycles. The Morgan fingerprint density at radius 2 is 1.79 bits per heavy atom. The van der Waals surface area contributed by atoms with Crippen LogP contribution in [0.25, 0.3) is 5.03 Å². The average Bonchev–Trinajstić information content (AvgIpc) is 3.42. The topological polar surface area (TPSA) is 80.6 Å². The lowest BCUT2D eigenvalue weighted by molar-refractivity contribution is 0.792. The number of aryl methyl sites for hydroxylation is 1.